The van der Waals surface area contributed by atoms with E-state index in [9.17, 15) is 13.7 Å². The van der Waals surface area contributed by atoms with Crippen LogP contribution in [0.25, 0.3) is 0 Å². The van der Waals surface area contributed by atoms with Gasteiger partial charge in [0.1, 0.15) is 10.9 Å². The fourth-order valence-corrected chi connectivity index (χ4v) is 7.79. The normalized spacial score (nSPS) is 18.4. The fraction of sp³-hybridized carbons (Fsp3) is 0.312. The first-order chi connectivity index (χ1) is 21.7. The molecule has 0 saturated carbocycles. The summed E-state index contributed by atoms with van der Waals surface area (Å²) in [5.74, 6) is 0.756. The monoisotopic (exact) mass is 645 g/mol. The molecule has 4 aromatic rings. The van der Waals surface area contributed by atoms with Crippen LogP contribution in [0.3, 0.4) is 0 Å². The maximum atomic E-state index is 14.3. The standard InChI is InChI=1S/C32H32ClN7O4S/c1-4-44-31-26(7-9-29(33)37-31)32(39-15-13-38(14-16-39)24-11-12-35-22(2)17-24)21-40(28-8-5-23(19-34)18-27(28)32)45(41,42)30-10-6-25(43-3)20-36-30/h5-12,17-18,20H,4,13-16,21H2,1-3H3. The predicted octanol–water partition coefficient (Wildman–Crippen LogP) is 4.39. The number of methoxy groups -OCH3 is 1. The minimum absolute atomic E-state index is 0.00497. The molecule has 0 radical (unpaired) electrons. The molecule has 1 aromatic carbocycles. The molecule has 232 valence electrons. The number of hydrogen-bond acceptors (Lipinski definition) is 10. The van der Waals surface area contributed by atoms with Crippen molar-refractivity contribution >= 4 is 33.0 Å². The predicted molar refractivity (Wildman–Crippen MR) is 170 cm³/mol. The van der Waals surface area contributed by atoms with Crippen molar-refractivity contribution in [3.63, 3.8) is 0 Å². The molecule has 0 aliphatic carbocycles. The van der Waals surface area contributed by atoms with Gasteiger partial charge < -0.3 is 14.4 Å². The number of nitriles is 1. The third-order valence-electron chi connectivity index (χ3n) is 8.33. The molecule has 1 atom stereocenters. The van der Waals surface area contributed by atoms with E-state index in [1.807, 2.05) is 26.0 Å². The summed E-state index contributed by atoms with van der Waals surface area (Å²) in [5.41, 5.74) is 3.14. The van der Waals surface area contributed by atoms with Crippen molar-refractivity contribution in [2.45, 2.75) is 24.4 Å². The maximum absolute atomic E-state index is 14.3. The van der Waals surface area contributed by atoms with E-state index in [1.165, 1.54) is 23.7 Å². The van der Waals surface area contributed by atoms with Gasteiger partial charge in [-0.3, -0.25) is 14.2 Å². The van der Waals surface area contributed by atoms with Crippen LogP contribution < -0.4 is 18.7 Å². The highest BCUT2D eigenvalue weighted by Crippen LogP contribution is 2.52. The molecule has 5 heterocycles. The largest absolute Gasteiger partial charge is 0.495 e. The number of rotatable bonds is 8. The lowest BCUT2D eigenvalue weighted by Crippen LogP contribution is -2.58. The van der Waals surface area contributed by atoms with Gasteiger partial charge in [-0.15, -0.1) is 0 Å². The lowest BCUT2D eigenvalue weighted by Gasteiger charge is -2.47. The molecule has 1 unspecified atom stereocenters. The molecule has 0 spiro atoms. The van der Waals surface area contributed by atoms with E-state index in [4.69, 9.17) is 21.1 Å². The Bertz CT molecular complexity index is 1880. The van der Waals surface area contributed by atoms with Crippen molar-refractivity contribution in [3.05, 3.63) is 94.5 Å². The summed E-state index contributed by atoms with van der Waals surface area (Å²) in [6.45, 7) is 6.68. The summed E-state index contributed by atoms with van der Waals surface area (Å²) in [6.07, 6.45) is 3.19. The van der Waals surface area contributed by atoms with Crippen LogP contribution >= 0.6 is 11.6 Å². The SMILES string of the molecule is CCOc1nc(Cl)ccc1C1(N2CCN(c3ccnc(C)c3)CC2)CN(S(=O)(=O)c2ccc(OC)cn2)c2ccc(C#N)cc21. The van der Waals surface area contributed by atoms with Crippen molar-refractivity contribution in [1.82, 2.24) is 19.9 Å². The van der Waals surface area contributed by atoms with E-state index in [0.29, 0.717) is 66.8 Å². The zero-order valence-electron chi connectivity index (χ0n) is 25.1. The van der Waals surface area contributed by atoms with Crippen LogP contribution in [0.4, 0.5) is 11.4 Å². The molecule has 13 heteroatoms. The molecule has 0 bridgehead atoms. The van der Waals surface area contributed by atoms with Gasteiger partial charge in [0.15, 0.2) is 5.03 Å². The highest BCUT2D eigenvalue weighted by Gasteiger charge is 2.54. The molecule has 1 fully saturated rings. The van der Waals surface area contributed by atoms with Crippen molar-refractivity contribution in [2.75, 3.05) is 55.6 Å². The number of anilines is 2. The molecule has 1 saturated heterocycles. The van der Waals surface area contributed by atoms with Crippen LogP contribution in [0.15, 0.2) is 72.0 Å². The summed E-state index contributed by atoms with van der Waals surface area (Å²) < 4.78 is 41.3. The van der Waals surface area contributed by atoms with Crippen molar-refractivity contribution in [2.24, 2.45) is 0 Å². The Morgan fingerprint density at radius 3 is 2.49 bits per heavy atom. The zero-order chi connectivity index (χ0) is 31.8. The Balaban J connectivity index is 1.52. The molecule has 6 rings (SSSR count). The average Bonchev–Trinajstić information content (AvgIpc) is 3.41. The lowest BCUT2D eigenvalue weighted by atomic mass is 9.82. The first kappa shape index (κ1) is 30.6. The van der Waals surface area contributed by atoms with E-state index < -0.39 is 15.6 Å². The van der Waals surface area contributed by atoms with E-state index in [1.54, 1.807) is 36.5 Å². The smallest absolute Gasteiger partial charge is 0.281 e. The first-order valence-corrected chi connectivity index (χ1v) is 16.3. The van der Waals surface area contributed by atoms with E-state index in [-0.39, 0.29) is 16.7 Å². The van der Waals surface area contributed by atoms with E-state index in [2.05, 4.69) is 36.9 Å². The second kappa shape index (κ2) is 12.2. The van der Waals surface area contributed by atoms with Crippen LogP contribution in [0.2, 0.25) is 5.15 Å². The minimum atomic E-state index is -4.15. The van der Waals surface area contributed by atoms with Crippen LogP contribution in [0, 0.1) is 18.3 Å². The summed E-state index contributed by atoms with van der Waals surface area (Å²) in [6, 6.07) is 17.9. The van der Waals surface area contributed by atoms with Crippen molar-refractivity contribution in [1.29, 1.82) is 5.26 Å². The number of sulfonamides is 1. The third kappa shape index (κ3) is 5.41. The molecular weight excluding hydrogens is 614 g/mol. The molecule has 3 aromatic heterocycles. The Labute approximate surface area is 267 Å². The average molecular weight is 646 g/mol. The minimum Gasteiger partial charge on any atom is -0.495 e. The number of hydrogen-bond donors (Lipinski definition) is 0. The number of pyridine rings is 3. The third-order valence-corrected chi connectivity index (χ3v) is 10.2. The van der Waals surface area contributed by atoms with Gasteiger partial charge in [0.05, 0.1) is 49.3 Å². The quantitative estimate of drug-likeness (QED) is 0.255. The number of fused-ring (bicyclic) bond motifs is 1. The Morgan fingerprint density at radius 1 is 1.02 bits per heavy atom. The zero-order valence-corrected chi connectivity index (χ0v) is 26.7. The van der Waals surface area contributed by atoms with Gasteiger partial charge in [0.2, 0.25) is 5.88 Å². The van der Waals surface area contributed by atoms with Crippen LogP contribution in [0.1, 0.15) is 29.3 Å². The van der Waals surface area contributed by atoms with Gasteiger partial charge in [-0.05, 0) is 68.4 Å². The van der Waals surface area contributed by atoms with Crippen molar-refractivity contribution < 1.29 is 17.9 Å². The van der Waals surface area contributed by atoms with Gasteiger partial charge in [-0.25, -0.2) is 9.97 Å². The second-order valence-electron chi connectivity index (χ2n) is 10.8. The van der Waals surface area contributed by atoms with Crippen LogP contribution in [0.5, 0.6) is 11.6 Å². The van der Waals surface area contributed by atoms with E-state index in [0.717, 1.165) is 11.4 Å². The van der Waals surface area contributed by atoms with Crippen LogP contribution in [-0.4, -0.2) is 74.7 Å². The number of aryl methyl sites for hydroxylation is 1. The molecule has 2 aliphatic heterocycles. The summed E-state index contributed by atoms with van der Waals surface area (Å²) in [7, 11) is -2.66. The molecular formula is C32H32ClN7O4S. The van der Waals surface area contributed by atoms with Gasteiger partial charge in [-0.1, -0.05) is 11.6 Å². The summed E-state index contributed by atoms with van der Waals surface area (Å²) >= 11 is 6.36. The highest BCUT2D eigenvalue weighted by molar-refractivity contribution is 7.92. The highest BCUT2D eigenvalue weighted by atomic mass is 35.5. The number of piperazine rings is 1. The number of aromatic nitrogens is 3. The number of benzene rings is 1. The lowest BCUT2D eigenvalue weighted by molar-refractivity contribution is 0.123. The molecule has 45 heavy (non-hydrogen) atoms. The molecule has 0 N–H and O–H groups in total. The van der Waals surface area contributed by atoms with Gasteiger partial charge in [-0.2, -0.15) is 13.7 Å². The topological polar surface area (TPSA) is 125 Å². The number of halogens is 1. The molecule has 11 nitrogen and oxygen atoms in total. The molecule has 0 amide bonds. The van der Waals surface area contributed by atoms with Gasteiger partial charge in [0.25, 0.3) is 10.0 Å². The second-order valence-corrected chi connectivity index (χ2v) is 13.0. The van der Waals surface area contributed by atoms with Gasteiger partial charge >= 0.3 is 0 Å². The Morgan fingerprint density at radius 2 is 1.82 bits per heavy atom. The summed E-state index contributed by atoms with van der Waals surface area (Å²) in [4.78, 5) is 17.7. The van der Waals surface area contributed by atoms with Crippen LogP contribution in [-0.2, 0) is 15.6 Å². The van der Waals surface area contributed by atoms with E-state index >= 15 is 0 Å². The Hall–Kier alpha value is -4.44. The fourth-order valence-electron chi connectivity index (χ4n) is 6.22. The summed E-state index contributed by atoms with van der Waals surface area (Å²) in [5, 5.41) is 10.1. The maximum Gasteiger partial charge on any atom is 0.281 e. The Kier molecular flexibility index (Phi) is 8.26. The molecule has 2 aliphatic rings. The van der Waals surface area contributed by atoms with Crippen molar-refractivity contribution in [3.8, 4) is 17.7 Å². The van der Waals surface area contributed by atoms with Gasteiger partial charge in [0, 0.05) is 54.9 Å². The number of nitrogens with zero attached hydrogens (tertiary/aromatic N) is 7. The number of ether oxygens (including phenoxy) is 2. The first-order valence-electron chi connectivity index (χ1n) is 14.5.